The van der Waals surface area contributed by atoms with Gasteiger partial charge in [-0.05, 0) is 69.0 Å². The van der Waals surface area contributed by atoms with Gasteiger partial charge in [-0.25, -0.2) is 8.42 Å². The van der Waals surface area contributed by atoms with Gasteiger partial charge in [-0.3, -0.25) is 9.10 Å². The van der Waals surface area contributed by atoms with Gasteiger partial charge in [0.05, 0.1) is 18.5 Å². The fourth-order valence-corrected chi connectivity index (χ4v) is 4.33. The van der Waals surface area contributed by atoms with E-state index in [-0.39, 0.29) is 12.5 Å². The quantitative estimate of drug-likeness (QED) is 0.668. The smallest absolute Gasteiger partial charge is 0.243 e. The number of benzene rings is 2. The highest BCUT2D eigenvalue weighted by Crippen LogP contribution is 2.26. The monoisotopic (exact) mass is 418 g/mol. The number of sulfonamides is 1. The molecule has 29 heavy (non-hydrogen) atoms. The van der Waals surface area contributed by atoms with E-state index in [1.54, 1.807) is 13.0 Å². The van der Waals surface area contributed by atoms with Crippen LogP contribution in [-0.2, 0) is 14.8 Å². The number of ether oxygens (including phenoxy) is 1. The number of carbonyl (C=O) groups is 1. The molecule has 6 nitrogen and oxygen atoms in total. The summed E-state index contributed by atoms with van der Waals surface area (Å²) in [6.45, 7) is 9.88. The molecule has 158 valence electrons. The third kappa shape index (κ3) is 5.73. The van der Waals surface area contributed by atoms with Crippen LogP contribution in [-0.4, -0.2) is 39.8 Å². The van der Waals surface area contributed by atoms with E-state index in [0.717, 1.165) is 34.3 Å². The number of nitrogens with one attached hydrogen (secondary N) is 1. The summed E-state index contributed by atoms with van der Waals surface area (Å²) in [5, 5.41) is 2.77. The number of anilines is 1. The minimum atomic E-state index is -3.64. The van der Waals surface area contributed by atoms with Crippen LogP contribution in [0.15, 0.2) is 36.4 Å². The van der Waals surface area contributed by atoms with Gasteiger partial charge in [-0.15, -0.1) is 0 Å². The van der Waals surface area contributed by atoms with E-state index < -0.39 is 16.1 Å². The highest BCUT2D eigenvalue weighted by molar-refractivity contribution is 7.92. The maximum Gasteiger partial charge on any atom is 0.243 e. The third-order valence-corrected chi connectivity index (χ3v) is 6.13. The van der Waals surface area contributed by atoms with E-state index >= 15 is 0 Å². The Morgan fingerprint density at radius 3 is 2.45 bits per heavy atom. The first-order valence-electron chi connectivity index (χ1n) is 9.55. The van der Waals surface area contributed by atoms with Crippen molar-refractivity contribution in [1.82, 2.24) is 5.32 Å². The molecule has 0 saturated carbocycles. The summed E-state index contributed by atoms with van der Waals surface area (Å²) in [5.74, 6) is 0.404. The van der Waals surface area contributed by atoms with Crippen LogP contribution in [0.4, 0.5) is 5.69 Å². The van der Waals surface area contributed by atoms with E-state index in [9.17, 15) is 13.2 Å². The Morgan fingerprint density at radius 2 is 1.79 bits per heavy atom. The van der Waals surface area contributed by atoms with Crippen LogP contribution in [0.25, 0.3) is 0 Å². The molecule has 0 aliphatic carbocycles. The number of amides is 1. The molecule has 0 fully saturated rings. The molecule has 0 bridgehead atoms. The summed E-state index contributed by atoms with van der Waals surface area (Å²) in [6.07, 6.45) is 1.11. The minimum Gasteiger partial charge on any atom is -0.491 e. The van der Waals surface area contributed by atoms with Gasteiger partial charge in [-0.1, -0.05) is 24.3 Å². The number of nitrogens with zero attached hydrogens (tertiary/aromatic N) is 1. The van der Waals surface area contributed by atoms with Crippen molar-refractivity contribution >= 4 is 21.6 Å². The molecule has 1 unspecified atom stereocenters. The number of hydrogen-bond donors (Lipinski definition) is 1. The van der Waals surface area contributed by atoms with Gasteiger partial charge in [0.2, 0.25) is 15.9 Å². The second-order valence-electron chi connectivity index (χ2n) is 7.36. The second kappa shape index (κ2) is 9.31. The fourth-order valence-electron chi connectivity index (χ4n) is 3.10. The Balaban J connectivity index is 2.06. The lowest BCUT2D eigenvalue weighted by atomic mass is 10.1. The van der Waals surface area contributed by atoms with E-state index in [1.165, 1.54) is 4.31 Å². The lowest BCUT2D eigenvalue weighted by Gasteiger charge is -2.29. The Kier molecular flexibility index (Phi) is 7.30. The van der Waals surface area contributed by atoms with Crippen LogP contribution in [0.2, 0.25) is 0 Å². The molecule has 1 N–H and O–H groups in total. The number of carbonyl (C=O) groups excluding carboxylic acids is 1. The zero-order valence-corrected chi connectivity index (χ0v) is 18.8. The van der Waals surface area contributed by atoms with Crippen molar-refractivity contribution in [1.29, 1.82) is 0 Å². The summed E-state index contributed by atoms with van der Waals surface area (Å²) in [6, 6.07) is 10.5. The summed E-state index contributed by atoms with van der Waals surface area (Å²) < 4.78 is 31.8. The summed E-state index contributed by atoms with van der Waals surface area (Å²) in [4.78, 5) is 12.7. The standard InChI is InChI=1S/C22H30N2O4S/c1-15-10-11-17(3)20(14-15)24(29(6,26)27)19(5)22(25)23-12-13-28-21-9-7-8-16(2)18(21)4/h7-11,14,19H,12-13H2,1-6H3,(H,23,25). The van der Waals surface area contributed by atoms with Gasteiger partial charge in [0, 0.05) is 0 Å². The molecule has 0 radical (unpaired) electrons. The average molecular weight is 419 g/mol. The summed E-state index contributed by atoms with van der Waals surface area (Å²) in [5.41, 5.74) is 4.43. The maximum absolute atomic E-state index is 12.7. The fraction of sp³-hybridized carbons (Fsp3) is 0.409. The SMILES string of the molecule is Cc1ccc(C)c(N(C(C)C(=O)NCCOc2cccc(C)c2C)S(C)(=O)=O)c1. The highest BCUT2D eigenvalue weighted by Gasteiger charge is 2.30. The first-order chi connectivity index (χ1) is 13.5. The molecule has 0 aliphatic heterocycles. The lowest BCUT2D eigenvalue weighted by molar-refractivity contribution is -0.121. The topological polar surface area (TPSA) is 75.7 Å². The number of rotatable bonds is 8. The van der Waals surface area contributed by atoms with Crippen molar-refractivity contribution in [3.8, 4) is 5.75 Å². The van der Waals surface area contributed by atoms with E-state index in [4.69, 9.17) is 4.74 Å². The van der Waals surface area contributed by atoms with Crippen molar-refractivity contribution in [3.63, 3.8) is 0 Å². The first kappa shape index (κ1) is 22.7. The van der Waals surface area contributed by atoms with E-state index in [0.29, 0.717) is 12.3 Å². The van der Waals surface area contributed by atoms with Crippen molar-refractivity contribution < 1.29 is 17.9 Å². The Labute approximate surface area is 173 Å². The van der Waals surface area contributed by atoms with Gasteiger partial charge in [0.25, 0.3) is 0 Å². The Bertz CT molecular complexity index is 986. The molecule has 2 aromatic rings. The molecule has 2 aromatic carbocycles. The first-order valence-corrected chi connectivity index (χ1v) is 11.4. The Hall–Kier alpha value is -2.54. The van der Waals surface area contributed by atoms with Gasteiger partial charge < -0.3 is 10.1 Å². The van der Waals surface area contributed by atoms with Crippen molar-refractivity contribution in [2.24, 2.45) is 0 Å². The van der Waals surface area contributed by atoms with Crippen LogP contribution in [0.5, 0.6) is 5.75 Å². The van der Waals surface area contributed by atoms with Crippen molar-refractivity contribution in [2.45, 2.75) is 40.7 Å². The molecule has 1 atom stereocenters. The summed E-state index contributed by atoms with van der Waals surface area (Å²) >= 11 is 0. The molecule has 1 amide bonds. The molecule has 0 spiro atoms. The molecule has 2 rings (SSSR count). The zero-order valence-electron chi connectivity index (χ0n) is 17.9. The molecule has 0 heterocycles. The van der Waals surface area contributed by atoms with E-state index in [2.05, 4.69) is 5.32 Å². The molecular weight excluding hydrogens is 388 g/mol. The third-order valence-electron chi connectivity index (χ3n) is 4.90. The normalized spacial score (nSPS) is 12.3. The second-order valence-corrected chi connectivity index (χ2v) is 9.22. The van der Waals surface area contributed by atoms with Crippen molar-refractivity contribution in [3.05, 3.63) is 58.7 Å². The average Bonchev–Trinajstić information content (AvgIpc) is 2.63. The van der Waals surface area contributed by atoms with Crippen LogP contribution in [0.1, 0.15) is 29.2 Å². The van der Waals surface area contributed by atoms with Crippen LogP contribution in [0.3, 0.4) is 0 Å². The van der Waals surface area contributed by atoms with Gasteiger partial charge in [0.1, 0.15) is 18.4 Å². The minimum absolute atomic E-state index is 0.279. The van der Waals surface area contributed by atoms with Gasteiger partial charge >= 0.3 is 0 Å². The van der Waals surface area contributed by atoms with Gasteiger partial charge in [0.15, 0.2) is 0 Å². The van der Waals surface area contributed by atoms with Crippen LogP contribution >= 0.6 is 0 Å². The predicted molar refractivity (Wildman–Crippen MR) is 117 cm³/mol. The maximum atomic E-state index is 12.7. The number of aryl methyl sites for hydroxylation is 3. The largest absolute Gasteiger partial charge is 0.491 e. The molecular formula is C22H30N2O4S. The molecule has 0 saturated heterocycles. The lowest BCUT2D eigenvalue weighted by Crippen LogP contribution is -2.48. The highest BCUT2D eigenvalue weighted by atomic mass is 32.2. The molecule has 7 heteroatoms. The Morgan fingerprint density at radius 1 is 1.10 bits per heavy atom. The van der Waals surface area contributed by atoms with Crippen LogP contribution < -0.4 is 14.4 Å². The molecule has 0 aliphatic rings. The van der Waals surface area contributed by atoms with Crippen molar-refractivity contribution in [2.75, 3.05) is 23.7 Å². The van der Waals surface area contributed by atoms with Gasteiger partial charge in [-0.2, -0.15) is 0 Å². The van der Waals surface area contributed by atoms with E-state index in [1.807, 2.05) is 58.0 Å². The summed E-state index contributed by atoms with van der Waals surface area (Å²) in [7, 11) is -3.64. The van der Waals surface area contributed by atoms with Crippen LogP contribution in [0, 0.1) is 27.7 Å². The molecule has 0 aromatic heterocycles. The number of hydrogen-bond acceptors (Lipinski definition) is 4. The predicted octanol–water partition coefficient (Wildman–Crippen LogP) is 3.27. The zero-order chi connectivity index (χ0) is 21.8.